The Morgan fingerprint density at radius 3 is 2.00 bits per heavy atom. The quantitative estimate of drug-likeness (QED) is 0.466. The highest BCUT2D eigenvalue weighted by Gasteiger charge is 2.46. The molecule has 0 radical (unpaired) electrons. The van der Waals surface area contributed by atoms with Crippen molar-refractivity contribution in [1.82, 2.24) is 0 Å². The molecule has 0 unspecified atom stereocenters. The fourth-order valence-electron chi connectivity index (χ4n) is 2.46. The standard InChI is InChI=1S/C9H14O/c1-3-8-9(10-8)4-2-7-5-6(1)7/h6-9H,1-5H2/t6-,7+,8-,9+. The summed E-state index contributed by atoms with van der Waals surface area (Å²) in [4.78, 5) is 0. The van der Waals surface area contributed by atoms with Gasteiger partial charge in [-0.2, -0.15) is 0 Å². The van der Waals surface area contributed by atoms with Crippen molar-refractivity contribution in [1.29, 1.82) is 0 Å². The van der Waals surface area contributed by atoms with Gasteiger partial charge in [-0.3, -0.25) is 0 Å². The summed E-state index contributed by atoms with van der Waals surface area (Å²) < 4.78 is 5.51. The maximum absolute atomic E-state index is 5.51. The molecule has 4 atom stereocenters. The van der Waals surface area contributed by atoms with Crippen molar-refractivity contribution in [2.24, 2.45) is 11.8 Å². The second kappa shape index (κ2) is 1.76. The van der Waals surface area contributed by atoms with E-state index in [-0.39, 0.29) is 0 Å². The van der Waals surface area contributed by atoms with Crippen LogP contribution in [0.1, 0.15) is 32.1 Å². The number of rotatable bonds is 0. The van der Waals surface area contributed by atoms with Crippen LogP contribution in [0.25, 0.3) is 0 Å². The van der Waals surface area contributed by atoms with E-state index in [4.69, 9.17) is 4.74 Å². The molecule has 1 nitrogen and oxygen atoms in total. The second-order valence-electron chi connectivity index (χ2n) is 4.12. The van der Waals surface area contributed by atoms with Gasteiger partial charge in [0.05, 0.1) is 12.2 Å². The van der Waals surface area contributed by atoms with Crippen LogP contribution in [-0.2, 0) is 4.74 Å². The number of ether oxygens (including phenoxy) is 1. The summed E-state index contributed by atoms with van der Waals surface area (Å²) in [5.41, 5.74) is 0. The van der Waals surface area contributed by atoms with Gasteiger partial charge in [-0.15, -0.1) is 0 Å². The maximum Gasteiger partial charge on any atom is 0.0842 e. The van der Waals surface area contributed by atoms with Crippen LogP contribution < -0.4 is 0 Å². The average Bonchev–Trinajstić information content (AvgIpc) is 2.70. The number of hydrogen-bond acceptors (Lipinski definition) is 1. The largest absolute Gasteiger partial charge is 0.370 e. The smallest absolute Gasteiger partial charge is 0.0842 e. The van der Waals surface area contributed by atoms with Gasteiger partial charge in [-0.1, -0.05) is 0 Å². The van der Waals surface area contributed by atoms with Crippen molar-refractivity contribution >= 4 is 0 Å². The van der Waals surface area contributed by atoms with Gasteiger partial charge in [-0.25, -0.2) is 0 Å². The van der Waals surface area contributed by atoms with E-state index in [9.17, 15) is 0 Å². The molecule has 10 heavy (non-hydrogen) atoms. The van der Waals surface area contributed by atoms with Crippen molar-refractivity contribution in [2.45, 2.75) is 44.3 Å². The Kier molecular flexibility index (Phi) is 0.984. The summed E-state index contributed by atoms with van der Waals surface area (Å²) in [5, 5.41) is 0. The number of fused-ring (bicyclic) bond motifs is 2. The summed E-state index contributed by atoms with van der Waals surface area (Å²) in [6.45, 7) is 0. The topological polar surface area (TPSA) is 12.5 Å². The second-order valence-corrected chi connectivity index (χ2v) is 4.12. The highest BCUT2D eigenvalue weighted by Crippen LogP contribution is 2.50. The Bertz CT molecular complexity index is 121. The Labute approximate surface area is 61.8 Å². The molecule has 0 N–H and O–H groups in total. The van der Waals surface area contributed by atoms with E-state index in [2.05, 4.69) is 0 Å². The normalized spacial score (nSPS) is 57.6. The van der Waals surface area contributed by atoms with Crippen molar-refractivity contribution in [2.75, 3.05) is 0 Å². The lowest BCUT2D eigenvalue weighted by Crippen LogP contribution is -2.00. The number of hydrogen-bond donors (Lipinski definition) is 0. The van der Waals surface area contributed by atoms with Gasteiger partial charge in [0.2, 0.25) is 0 Å². The summed E-state index contributed by atoms with van der Waals surface area (Å²) >= 11 is 0. The minimum atomic E-state index is 0.696. The molecular formula is C9H14O. The molecule has 1 saturated heterocycles. The molecule has 0 spiro atoms. The predicted molar refractivity (Wildman–Crippen MR) is 38.7 cm³/mol. The lowest BCUT2D eigenvalue weighted by atomic mass is 10.0. The van der Waals surface area contributed by atoms with E-state index in [1.807, 2.05) is 0 Å². The van der Waals surface area contributed by atoms with Crippen LogP contribution >= 0.6 is 0 Å². The van der Waals surface area contributed by atoms with E-state index in [0.29, 0.717) is 12.2 Å². The van der Waals surface area contributed by atoms with Crippen LogP contribution in [0.15, 0.2) is 0 Å². The van der Waals surface area contributed by atoms with Crippen LogP contribution in [-0.4, -0.2) is 12.2 Å². The molecule has 2 saturated carbocycles. The Hall–Kier alpha value is -0.0400. The average molecular weight is 138 g/mol. The lowest BCUT2D eigenvalue weighted by Gasteiger charge is -2.01. The van der Waals surface area contributed by atoms with Gasteiger partial charge in [0.15, 0.2) is 0 Å². The van der Waals surface area contributed by atoms with Gasteiger partial charge in [0.25, 0.3) is 0 Å². The molecule has 2 aliphatic carbocycles. The Morgan fingerprint density at radius 1 is 0.800 bits per heavy atom. The minimum Gasteiger partial charge on any atom is -0.370 e. The molecule has 0 aromatic heterocycles. The highest BCUT2D eigenvalue weighted by atomic mass is 16.6. The first-order chi connectivity index (χ1) is 4.93. The number of epoxide rings is 1. The minimum absolute atomic E-state index is 0.696. The molecular weight excluding hydrogens is 124 g/mol. The zero-order chi connectivity index (χ0) is 6.55. The van der Waals surface area contributed by atoms with Crippen LogP contribution in [0.2, 0.25) is 0 Å². The van der Waals surface area contributed by atoms with E-state index < -0.39 is 0 Å². The van der Waals surface area contributed by atoms with Gasteiger partial charge >= 0.3 is 0 Å². The van der Waals surface area contributed by atoms with Crippen molar-refractivity contribution in [3.8, 4) is 0 Å². The van der Waals surface area contributed by atoms with Crippen LogP contribution in [0.3, 0.4) is 0 Å². The predicted octanol–water partition coefficient (Wildman–Crippen LogP) is 1.96. The zero-order valence-electron chi connectivity index (χ0n) is 6.25. The molecule has 3 fully saturated rings. The van der Waals surface area contributed by atoms with E-state index in [0.717, 1.165) is 11.8 Å². The van der Waals surface area contributed by atoms with Crippen LogP contribution in [0.5, 0.6) is 0 Å². The Morgan fingerprint density at radius 2 is 1.40 bits per heavy atom. The first-order valence-corrected chi connectivity index (χ1v) is 4.59. The molecule has 3 rings (SSSR count). The SMILES string of the molecule is C1C[C@H]2O[C@H]2CC[C@H]2C[C@@H]12. The van der Waals surface area contributed by atoms with E-state index >= 15 is 0 Å². The maximum atomic E-state index is 5.51. The molecule has 1 heterocycles. The first-order valence-electron chi connectivity index (χ1n) is 4.59. The van der Waals surface area contributed by atoms with E-state index in [1.165, 1.54) is 25.7 Å². The molecule has 1 aliphatic heterocycles. The van der Waals surface area contributed by atoms with Gasteiger partial charge in [-0.05, 0) is 43.9 Å². The van der Waals surface area contributed by atoms with Crippen molar-refractivity contribution in [3.63, 3.8) is 0 Å². The molecule has 0 bridgehead atoms. The monoisotopic (exact) mass is 138 g/mol. The fourth-order valence-corrected chi connectivity index (χ4v) is 2.46. The molecule has 1 heteroatoms. The van der Waals surface area contributed by atoms with E-state index in [1.54, 1.807) is 6.42 Å². The molecule has 0 aromatic rings. The third-order valence-electron chi connectivity index (χ3n) is 3.40. The molecule has 56 valence electrons. The lowest BCUT2D eigenvalue weighted by molar-refractivity contribution is 0.354. The zero-order valence-corrected chi connectivity index (χ0v) is 6.25. The first kappa shape index (κ1) is 5.59. The molecule has 3 aliphatic rings. The summed E-state index contributed by atoms with van der Waals surface area (Å²) in [6, 6.07) is 0. The van der Waals surface area contributed by atoms with Gasteiger partial charge in [0.1, 0.15) is 0 Å². The highest BCUT2D eigenvalue weighted by molar-refractivity contribution is 4.95. The third kappa shape index (κ3) is 0.800. The van der Waals surface area contributed by atoms with Gasteiger partial charge < -0.3 is 4.74 Å². The molecule has 0 amide bonds. The molecule has 0 aromatic carbocycles. The van der Waals surface area contributed by atoms with Crippen molar-refractivity contribution in [3.05, 3.63) is 0 Å². The van der Waals surface area contributed by atoms with Crippen molar-refractivity contribution < 1.29 is 4.74 Å². The third-order valence-corrected chi connectivity index (χ3v) is 3.40. The van der Waals surface area contributed by atoms with Gasteiger partial charge in [0, 0.05) is 0 Å². The summed E-state index contributed by atoms with van der Waals surface area (Å²) in [6.07, 6.45) is 8.59. The summed E-state index contributed by atoms with van der Waals surface area (Å²) in [5.74, 6) is 2.23. The van der Waals surface area contributed by atoms with Crippen LogP contribution in [0, 0.1) is 11.8 Å². The Balaban J connectivity index is 1.67. The fraction of sp³-hybridized carbons (Fsp3) is 1.00. The summed E-state index contributed by atoms with van der Waals surface area (Å²) in [7, 11) is 0. The van der Waals surface area contributed by atoms with Crippen LogP contribution in [0.4, 0.5) is 0 Å².